The Labute approximate surface area is 112 Å². The lowest BCUT2D eigenvalue weighted by Gasteiger charge is -2.33. The fraction of sp³-hybridized carbons (Fsp3) is 0.533. The van der Waals surface area contributed by atoms with E-state index in [9.17, 15) is 8.78 Å². The molecule has 0 aromatic heterocycles. The molecule has 102 valence electrons. The average Bonchev–Trinajstić information content (AvgIpc) is 2.43. The Kier molecular flexibility index (Phi) is 4.36. The van der Waals surface area contributed by atoms with Crippen LogP contribution in [0.25, 0.3) is 0 Å². The van der Waals surface area contributed by atoms with Gasteiger partial charge in [0.25, 0.3) is 0 Å². The van der Waals surface area contributed by atoms with Crippen LogP contribution in [0.1, 0.15) is 38.2 Å². The average molecular weight is 264 g/mol. The van der Waals surface area contributed by atoms with Crippen molar-refractivity contribution in [3.05, 3.63) is 29.3 Å². The van der Waals surface area contributed by atoms with Crippen molar-refractivity contribution in [1.82, 2.24) is 0 Å². The fourth-order valence-corrected chi connectivity index (χ4v) is 2.74. The van der Waals surface area contributed by atoms with Crippen molar-refractivity contribution in [2.75, 3.05) is 18.0 Å². The predicted octanol–water partition coefficient (Wildman–Crippen LogP) is 3.85. The summed E-state index contributed by atoms with van der Waals surface area (Å²) in [6.07, 6.45) is 4.42. The quantitative estimate of drug-likeness (QED) is 0.829. The summed E-state index contributed by atoms with van der Waals surface area (Å²) >= 11 is 0. The Morgan fingerprint density at radius 3 is 2.53 bits per heavy atom. The summed E-state index contributed by atoms with van der Waals surface area (Å²) in [6.45, 7) is 3.68. The smallest absolute Gasteiger partial charge is 0.183 e. The zero-order chi connectivity index (χ0) is 13.8. The van der Waals surface area contributed by atoms with E-state index >= 15 is 0 Å². The van der Waals surface area contributed by atoms with Crippen molar-refractivity contribution >= 4 is 5.69 Å². The van der Waals surface area contributed by atoms with Gasteiger partial charge in [-0.15, -0.1) is 0 Å². The maximum Gasteiger partial charge on any atom is 0.183 e. The van der Waals surface area contributed by atoms with E-state index in [-0.39, 0.29) is 11.3 Å². The number of hydrogen-bond donors (Lipinski definition) is 0. The number of piperidine rings is 1. The number of halogens is 2. The first kappa shape index (κ1) is 13.8. The van der Waals surface area contributed by atoms with E-state index in [1.165, 1.54) is 25.0 Å². The third-order valence-corrected chi connectivity index (χ3v) is 3.83. The van der Waals surface area contributed by atoms with Gasteiger partial charge < -0.3 is 4.90 Å². The van der Waals surface area contributed by atoms with Crippen LogP contribution in [0.3, 0.4) is 0 Å². The van der Waals surface area contributed by atoms with Gasteiger partial charge in [0.15, 0.2) is 11.6 Å². The van der Waals surface area contributed by atoms with Crippen molar-refractivity contribution in [2.24, 2.45) is 5.92 Å². The first-order valence-electron chi connectivity index (χ1n) is 6.80. The van der Waals surface area contributed by atoms with Crippen molar-refractivity contribution in [3.8, 4) is 6.07 Å². The summed E-state index contributed by atoms with van der Waals surface area (Å²) in [4.78, 5) is 1.88. The summed E-state index contributed by atoms with van der Waals surface area (Å²) < 4.78 is 27.5. The number of nitriles is 1. The first-order chi connectivity index (χ1) is 9.17. The molecule has 1 heterocycles. The number of anilines is 1. The largest absolute Gasteiger partial charge is 0.369 e. The highest BCUT2D eigenvalue weighted by atomic mass is 19.2. The van der Waals surface area contributed by atoms with Gasteiger partial charge in [-0.3, -0.25) is 0 Å². The Morgan fingerprint density at radius 2 is 1.95 bits per heavy atom. The van der Waals surface area contributed by atoms with Crippen LogP contribution in [0.2, 0.25) is 0 Å². The van der Waals surface area contributed by atoms with E-state index < -0.39 is 11.6 Å². The summed E-state index contributed by atoms with van der Waals surface area (Å²) in [5, 5.41) is 8.67. The van der Waals surface area contributed by atoms with Crippen LogP contribution < -0.4 is 4.90 Å². The predicted molar refractivity (Wildman–Crippen MR) is 70.9 cm³/mol. The van der Waals surface area contributed by atoms with Crippen LogP contribution in [0, 0.1) is 28.9 Å². The van der Waals surface area contributed by atoms with Crippen molar-refractivity contribution < 1.29 is 8.78 Å². The van der Waals surface area contributed by atoms with Gasteiger partial charge in [-0.05, 0) is 30.9 Å². The molecule has 0 spiro atoms. The number of benzene rings is 1. The van der Waals surface area contributed by atoms with Crippen LogP contribution in [-0.2, 0) is 0 Å². The van der Waals surface area contributed by atoms with Gasteiger partial charge >= 0.3 is 0 Å². The molecule has 19 heavy (non-hydrogen) atoms. The highest BCUT2D eigenvalue weighted by molar-refractivity contribution is 5.52. The standard InChI is InChI=1S/C15H18F2N2/c1-2-3-11-6-8-19(9-7-11)13-5-4-12(10-18)14(16)15(13)17/h4-5,11H,2-3,6-9H2,1H3. The van der Waals surface area contributed by atoms with E-state index in [0.717, 1.165) is 25.9 Å². The van der Waals surface area contributed by atoms with Crippen molar-refractivity contribution in [1.29, 1.82) is 5.26 Å². The molecule has 1 aromatic rings. The molecule has 1 aliphatic rings. The Balaban J connectivity index is 2.12. The molecule has 0 bridgehead atoms. The SMILES string of the molecule is CCCC1CCN(c2ccc(C#N)c(F)c2F)CC1. The molecular weight excluding hydrogens is 246 g/mol. The maximum atomic E-state index is 13.9. The third-order valence-electron chi connectivity index (χ3n) is 3.83. The van der Waals surface area contributed by atoms with Crippen LogP contribution >= 0.6 is 0 Å². The van der Waals surface area contributed by atoms with E-state index in [1.807, 2.05) is 4.90 Å². The van der Waals surface area contributed by atoms with E-state index in [1.54, 1.807) is 6.07 Å². The van der Waals surface area contributed by atoms with E-state index in [0.29, 0.717) is 5.92 Å². The van der Waals surface area contributed by atoms with Gasteiger partial charge in [0.05, 0.1) is 11.3 Å². The van der Waals surface area contributed by atoms with Crippen molar-refractivity contribution in [3.63, 3.8) is 0 Å². The molecular formula is C15H18F2N2. The minimum atomic E-state index is -1.03. The zero-order valence-corrected chi connectivity index (χ0v) is 11.1. The summed E-state index contributed by atoms with van der Waals surface area (Å²) in [5.74, 6) is -1.23. The molecule has 0 radical (unpaired) electrons. The number of hydrogen-bond acceptors (Lipinski definition) is 2. The molecule has 1 aliphatic heterocycles. The molecule has 1 aromatic carbocycles. The lowest BCUT2D eigenvalue weighted by atomic mass is 9.92. The molecule has 0 aliphatic carbocycles. The second-order valence-corrected chi connectivity index (χ2v) is 5.09. The number of nitrogens with zero attached hydrogens (tertiary/aromatic N) is 2. The highest BCUT2D eigenvalue weighted by Crippen LogP contribution is 2.29. The second-order valence-electron chi connectivity index (χ2n) is 5.09. The summed E-state index contributed by atoms with van der Waals surface area (Å²) in [6, 6.07) is 4.52. The van der Waals surface area contributed by atoms with Crippen LogP contribution in [0.4, 0.5) is 14.5 Å². The lowest BCUT2D eigenvalue weighted by Crippen LogP contribution is -2.34. The monoisotopic (exact) mass is 264 g/mol. The second kappa shape index (κ2) is 6.01. The highest BCUT2D eigenvalue weighted by Gasteiger charge is 2.23. The minimum absolute atomic E-state index is 0.234. The molecule has 4 heteroatoms. The molecule has 2 rings (SSSR count). The van der Waals surface area contributed by atoms with Crippen molar-refractivity contribution in [2.45, 2.75) is 32.6 Å². The summed E-state index contributed by atoms with van der Waals surface area (Å²) in [5.41, 5.74) is 0.0496. The molecule has 2 nitrogen and oxygen atoms in total. The summed E-state index contributed by atoms with van der Waals surface area (Å²) in [7, 11) is 0. The maximum absolute atomic E-state index is 13.9. The van der Waals surface area contributed by atoms with Gasteiger partial charge in [-0.25, -0.2) is 8.78 Å². The molecule has 0 saturated carbocycles. The van der Waals surface area contributed by atoms with Gasteiger partial charge in [0, 0.05) is 13.1 Å². The zero-order valence-electron chi connectivity index (χ0n) is 11.1. The fourth-order valence-electron chi connectivity index (χ4n) is 2.74. The normalized spacial score (nSPS) is 16.4. The molecule has 0 amide bonds. The topological polar surface area (TPSA) is 27.0 Å². The van der Waals surface area contributed by atoms with Gasteiger partial charge in [0.1, 0.15) is 6.07 Å². The first-order valence-corrected chi connectivity index (χ1v) is 6.80. The Morgan fingerprint density at radius 1 is 1.26 bits per heavy atom. The Hall–Kier alpha value is -1.63. The van der Waals surface area contributed by atoms with Gasteiger partial charge in [-0.2, -0.15) is 5.26 Å². The van der Waals surface area contributed by atoms with Crippen LogP contribution in [-0.4, -0.2) is 13.1 Å². The Bertz CT molecular complexity index is 486. The van der Waals surface area contributed by atoms with Crippen LogP contribution in [0.5, 0.6) is 0 Å². The van der Waals surface area contributed by atoms with Gasteiger partial charge in [0.2, 0.25) is 0 Å². The lowest BCUT2D eigenvalue weighted by molar-refractivity contribution is 0.375. The molecule has 0 unspecified atom stereocenters. The molecule has 0 atom stereocenters. The van der Waals surface area contributed by atoms with Gasteiger partial charge in [-0.1, -0.05) is 19.8 Å². The van der Waals surface area contributed by atoms with E-state index in [4.69, 9.17) is 5.26 Å². The molecule has 1 fully saturated rings. The van der Waals surface area contributed by atoms with Crippen LogP contribution in [0.15, 0.2) is 12.1 Å². The third kappa shape index (κ3) is 2.86. The van der Waals surface area contributed by atoms with E-state index in [2.05, 4.69) is 6.92 Å². The molecule has 1 saturated heterocycles. The molecule has 0 N–H and O–H groups in total. The minimum Gasteiger partial charge on any atom is -0.369 e. The number of rotatable bonds is 3.